The maximum atomic E-state index is 13.2. The molecule has 1 atom stereocenters. The zero-order chi connectivity index (χ0) is 20.2. The standard InChI is InChI=1S/C24H30N2O3/c1-18-15-26(17-21-10-11-22(28-2)14-23(21)29-18)24(27)20-8-6-19(7-9-20)16-25-12-4-3-5-13-25/h6-11,14,18H,3-5,12-13,15-17H2,1-2H3. The Morgan fingerprint density at radius 3 is 2.59 bits per heavy atom. The molecule has 0 radical (unpaired) electrons. The minimum absolute atomic E-state index is 0.0497. The quantitative estimate of drug-likeness (QED) is 0.783. The lowest BCUT2D eigenvalue weighted by molar-refractivity contribution is 0.0690. The Kier molecular flexibility index (Phi) is 6.05. The summed E-state index contributed by atoms with van der Waals surface area (Å²) in [5, 5.41) is 0. The molecule has 4 rings (SSSR count). The first-order chi connectivity index (χ1) is 14.1. The summed E-state index contributed by atoms with van der Waals surface area (Å²) >= 11 is 0. The number of rotatable bonds is 4. The van der Waals surface area contributed by atoms with Crippen molar-refractivity contribution >= 4 is 5.91 Å². The van der Waals surface area contributed by atoms with E-state index in [2.05, 4.69) is 17.0 Å². The summed E-state index contributed by atoms with van der Waals surface area (Å²) in [5.41, 5.74) is 3.01. The van der Waals surface area contributed by atoms with Crippen molar-refractivity contribution in [1.29, 1.82) is 0 Å². The number of benzene rings is 2. The molecule has 5 nitrogen and oxygen atoms in total. The maximum absolute atomic E-state index is 13.2. The number of methoxy groups -OCH3 is 1. The molecule has 154 valence electrons. The minimum atomic E-state index is -0.0781. The number of amides is 1. The van der Waals surface area contributed by atoms with Gasteiger partial charge in [-0.05, 0) is 62.7 Å². The van der Waals surface area contributed by atoms with Gasteiger partial charge in [-0.3, -0.25) is 9.69 Å². The van der Waals surface area contributed by atoms with E-state index < -0.39 is 0 Å². The van der Waals surface area contributed by atoms with E-state index in [1.54, 1.807) is 7.11 Å². The highest BCUT2D eigenvalue weighted by Crippen LogP contribution is 2.30. The van der Waals surface area contributed by atoms with Crippen LogP contribution in [-0.4, -0.2) is 48.6 Å². The molecule has 0 N–H and O–H groups in total. The number of fused-ring (bicyclic) bond motifs is 1. The second-order valence-electron chi connectivity index (χ2n) is 8.12. The Hall–Kier alpha value is -2.53. The molecule has 0 spiro atoms. The summed E-state index contributed by atoms with van der Waals surface area (Å²) in [4.78, 5) is 17.5. The average molecular weight is 395 g/mol. The van der Waals surface area contributed by atoms with Crippen molar-refractivity contribution in [2.24, 2.45) is 0 Å². The first kappa shape index (κ1) is 19.8. The van der Waals surface area contributed by atoms with Crippen LogP contribution in [-0.2, 0) is 13.1 Å². The van der Waals surface area contributed by atoms with Crippen LogP contribution >= 0.6 is 0 Å². The molecule has 0 bridgehead atoms. The third-order valence-electron chi connectivity index (χ3n) is 5.78. The maximum Gasteiger partial charge on any atom is 0.254 e. The molecule has 29 heavy (non-hydrogen) atoms. The molecule has 2 aliphatic heterocycles. The summed E-state index contributed by atoms with van der Waals surface area (Å²) in [7, 11) is 1.65. The number of carbonyl (C=O) groups is 1. The van der Waals surface area contributed by atoms with Crippen LogP contribution in [0.2, 0.25) is 0 Å². The van der Waals surface area contributed by atoms with Gasteiger partial charge in [0, 0.05) is 30.3 Å². The molecule has 0 saturated carbocycles. The fourth-order valence-electron chi connectivity index (χ4n) is 4.20. The van der Waals surface area contributed by atoms with Crippen LogP contribution in [0, 0.1) is 0 Å². The van der Waals surface area contributed by atoms with Gasteiger partial charge in [-0.15, -0.1) is 0 Å². The van der Waals surface area contributed by atoms with Gasteiger partial charge in [0.1, 0.15) is 17.6 Å². The predicted octanol–water partition coefficient (Wildman–Crippen LogP) is 4.10. The zero-order valence-corrected chi connectivity index (χ0v) is 17.4. The minimum Gasteiger partial charge on any atom is -0.497 e. The number of hydrogen-bond donors (Lipinski definition) is 0. The third kappa shape index (κ3) is 4.73. The number of likely N-dealkylation sites (tertiary alicyclic amines) is 1. The lowest BCUT2D eigenvalue weighted by Gasteiger charge is -2.26. The largest absolute Gasteiger partial charge is 0.497 e. The van der Waals surface area contributed by atoms with Gasteiger partial charge in [0.25, 0.3) is 5.91 Å². The summed E-state index contributed by atoms with van der Waals surface area (Å²) < 4.78 is 11.3. The van der Waals surface area contributed by atoms with Crippen LogP contribution in [0.3, 0.4) is 0 Å². The first-order valence-corrected chi connectivity index (χ1v) is 10.6. The molecule has 2 aromatic rings. The van der Waals surface area contributed by atoms with Crippen LogP contribution in [0.25, 0.3) is 0 Å². The smallest absolute Gasteiger partial charge is 0.254 e. The summed E-state index contributed by atoms with van der Waals surface area (Å²) in [6, 6.07) is 13.9. The van der Waals surface area contributed by atoms with E-state index in [0.717, 1.165) is 29.2 Å². The van der Waals surface area contributed by atoms with E-state index in [-0.39, 0.29) is 12.0 Å². The average Bonchev–Trinajstić information content (AvgIpc) is 2.91. The normalized spacial score (nSPS) is 19.8. The molecule has 5 heteroatoms. The number of ether oxygens (including phenoxy) is 2. The molecule has 1 saturated heterocycles. The fraction of sp³-hybridized carbons (Fsp3) is 0.458. The Balaban J connectivity index is 1.46. The van der Waals surface area contributed by atoms with E-state index in [1.807, 2.05) is 42.2 Å². The van der Waals surface area contributed by atoms with Gasteiger partial charge in [0.05, 0.1) is 13.7 Å². The van der Waals surface area contributed by atoms with Gasteiger partial charge in [-0.2, -0.15) is 0 Å². The second kappa shape index (κ2) is 8.87. The highest BCUT2D eigenvalue weighted by molar-refractivity contribution is 5.94. The van der Waals surface area contributed by atoms with Crippen molar-refractivity contribution in [1.82, 2.24) is 9.80 Å². The Morgan fingerprint density at radius 2 is 1.86 bits per heavy atom. The molecule has 1 unspecified atom stereocenters. The van der Waals surface area contributed by atoms with Crippen LogP contribution in [0.15, 0.2) is 42.5 Å². The number of nitrogens with zero attached hydrogens (tertiary/aromatic N) is 2. The Morgan fingerprint density at radius 1 is 1.10 bits per heavy atom. The monoisotopic (exact) mass is 394 g/mol. The zero-order valence-electron chi connectivity index (χ0n) is 17.4. The SMILES string of the molecule is COc1ccc2c(c1)OC(C)CN(C(=O)c1ccc(CN3CCCCC3)cc1)C2. The Bertz CT molecular complexity index is 844. The highest BCUT2D eigenvalue weighted by Gasteiger charge is 2.25. The van der Waals surface area contributed by atoms with Crippen molar-refractivity contribution < 1.29 is 14.3 Å². The van der Waals surface area contributed by atoms with Crippen molar-refractivity contribution in [3.05, 3.63) is 59.2 Å². The molecule has 2 heterocycles. The molecular formula is C24H30N2O3. The van der Waals surface area contributed by atoms with Crippen LogP contribution in [0.1, 0.15) is 47.7 Å². The lowest BCUT2D eigenvalue weighted by Crippen LogP contribution is -2.36. The summed E-state index contributed by atoms with van der Waals surface area (Å²) in [6.07, 6.45) is 3.85. The van der Waals surface area contributed by atoms with E-state index in [1.165, 1.54) is 37.9 Å². The summed E-state index contributed by atoms with van der Waals surface area (Å²) in [5.74, 6) is 1.61. The van der Waals surface area contributed by atoms with Crippen LogP contribution in [0.4, 0.5) is 0 Å². The second-order valence-corrected chi connectivity index (χ2v) is 8.12. The van der Waals surface area contributed by atoms with Gasteiger partial charge >= 0.3 is 0 Å². The number of piperidine rings is 1. The number of hydrogen-bond acceptors (Lipinski definition) is 4. The van der Waals surface area contributed by atoms with Gasteiger partial charge in [-0.1, -0.05) is 18.6 Å². The van der Waals surface area contributed by atoms with E-state index in [4.69, 9.17) is 9.47 Å². The van der Waals surface area contributed by atoms with Gasteiger partial charge < -0.3 is 14.4 Å². The van der Waals surface area contributed by atoms with Gasteiger partial charge in [-0.25, -0.2) is 0 Å². The van der Waals surface area contributed by atoms with E-state index in [9.17, 15) is 4.79 Å². The van der Waals surface area contributed by atoms with E-state index in [0.29, 0.717) is 13.1 Å². The molecule has 1 fully saturated rings. The number of carbonyl (C=O) groups excluding carboxylic acids is 1. The molecular weight excluding hydrogens is 364 g/mol. The van der Waals surface area contributed by atoms with Crippen molar-refractivity contribution in [2.45, 2.75) is 45.4 Å². The topological polar surface area (TPSA) is 42.0 Å². The fourth-order valence-corrected chi connectivity index (χ4v) is 4.20. The van der Waals surface area contributed by atoms with Crippen molar-refractivity contribution in [3.8, 4) is 11.5 Å². The molecule has 1 amide bonds. The molecule has 0 aliphatic carbocycles. The van der Waals surface area contributed by atoms with Crippen molar-refractivity contribution in [2.75, 3.05) is 26.7 Å². The van der Waals surface area contributed by atoms with E-state index >= 15 is 0 Å². The molecule has 2 aliphatic rings. The predicted molar refractivity (Wildman–Crippen MR) is 113 cm³/mol. The third-order valence-corrected chi connectivity index (χ3v) is 5.78. The lowest BCUT2D eigenvalue weighted by atomic mass is 10.1. The molecule has 2 aromatic carbocycles. The molecule has 0 aromatic heterocycles. The van der Waals surface area contributed by atoms with Crippen molar-refractivity contribution in [3.63, 3.8) is 0 Å². The van der Waals surface area contributed by atoms with Crippen LogP contribution < -0.4 is 9.47 Å². The Labute approximate surface area is 173 Å². The van der Waals surface area contributed by atoms with Gasteiger partial charge in [0.15, 0.2) is 0 Å². The summed E-state index contributed by atoms with van der Waals surface area (Å²) in [6.45, 7) is 6.42. The van der Waals surface area contributed by atoms with Crippen LogP contribution in [0.5, 0.6) is 11.5 Å². The first-order valence-electron chi connectivity index (χ1n) is 10.6. The van der Waals surface area contributed by atoms with Gasteiger partial charge in [0.2, 0.25) is 0 Å². The highest BCUT2D eigenvalue weighted by atomic mass is 16.5.